The summed E-state index contributed by atoms with van der Waals surface area (Å²) in [7, 11) is 0. The Morgan fingerprint density at radius 2 is 1.93 bits per heavy atom. The Hall–Kier alpha value is -3.39. The number of amides is 1. The van der Waals surface area contributed by atoms with Crippen LogP contribution in [0, 0.1) is 0 Å². The summed E-state index contributed by atoms with van der Waals surface area (Å²) < 4.78 is 6.12. The van der Waals surface area contributed by atoms with Crippen molar-refractivity contribution in [1.82, 2.24) is 15.4 Å². The van der Waals surface area contributed by atoms with E-state index < -0.39 is 11.9 Å². The van der Waals surface area contributed by atoms with Crippen LogP contribution in [0.1, 0.15) is 26.4 Å². The predicted molar refractivity (Wildman–Crippen MR) is 103 cm³/mol. The van der Waals surface area contributed by atoms with Crippen molar-refractivity contribution in [3.05, 3.63) is 88.4 Å². The molecule has 134 valence electrons. The molecule has 2 aromatic carbocycles. The molecule has 1 aromatic heterocycles. The molecule has 1 heterocycles. The van der Waals surface area contributed by atoms with Crippen molar-refractivity contribution in [3.8, 4) is 5.75 Å². The first kappa shape index (κ1) is 18.4. The molecule has 1 N–H and O–H groups in total. The second-order valence-corrected chi connectivity index (χ2v) is 6.17. The number of nitrogens with one attached hydrogen (secondary N) is 1. The summed E-state index contributed by atoms with van der Waals surface area (Å²) in [6.07, 6.45) is 5.71. The van der Waals surface area contributed by atoms with Crippen molar-refractivity contribution in [2.24, 2.45) is 5.10 Å². The smallest absolute Gasteiger partial charge is 0.343 e. The first-order valence-electron chi connectivity index (χ1n) is 7.79. The molecule has 3 rings (SSSR count). The number of rotatable bonds is 5. The van der Waals surface area contributed by atoms with Gasteiger partial charge in [0.1, 0.15) is 11.4 Å². The molecule has 0 saturated heterocycles. The molecule has 0 aliphatic heterocycles. The van der Waals surface area contributed by atoms with Crippen LogP contribution < -0.4 is 10.2 Å². The number of carbonyl (C=O) groups excluding carboxylic acids is 2. The molecule has 27 heavy (non-hydrogen) atoms. The summed E-state index contributed by atoms with van der Waals surface area (Å²) in [5.41, 5.74) is 3.70. The van der Waals surface area contributed by atoms with E-state index in [9.17, 15) is 9.59 Å². The van der Waals surface area contributed by atoms with Gasteiger partial charge in [-0.1, -0.05) is 22.0 Å². The van der Waals surface area contributed by atoms with Gasteiger partial charge < -0.3 is 4.74 Å². The van der Waals surface area contributed by atoms with Crippen molar-refractivity contribution in [2.45, 2.75) is 0 Å². The Labute approximate surface area is 163 Å². The molecule has 7 nitrogen and oxygen atoms in total. The largest absolute Gasteiger partial charge is 0.423 e. The SMILES string of the molecule is O=C(Oc1ccc(C=NNC(=O)c2cnccn2)cc1)c1cccc(Br)c1. The lowest BCUT2D eigenvalue weighted by Crippen LogP contribution is -2.19. The highest BCUT2D eigenvalue weighted by molar-refractivity contribution is 9.10. The molecule has 0 fully saturated rings. The molecule has 0 aliphatic carbocycles. The van der Waals surface area contributed by atoms with Gasteiger partial charge in [0, 0.05) is 16.9 Å². The highest BCUT2D eigenvalue weighted by Gasteiger charge is 2.09. The summed E-state index contributed by atoms with van der Waals surface area (Å²) in [6, 6.07) is 13.6. The number of esters is 1. The third-order valence-corrected chi connectivity index (χ3v) is 3.82. The van der Waals surface area contributed by atoms with Crippen LogP contribution >= 0.6 is 15.9 Å². The number of benzene rings is 2. The summed E-state index contributed by atoms with van der Waals surface area (Å²) in [5.74, 6) is -0.506. The van der Waals surface area contributed by atoms with Crippen LogP contribution in [-0.4, -0.2) is 28.1 Å². The molecule has 3 aromatic rings. The normalized spacial score (nSPS) is 10.6. The number of nitrogens with zero attached hydrogens (tertiary/aromatic N) is 3. The van der Waals surface area contributed by atoms with Gasteiger partial charge in [-0.15, -0.1) is 0 Å². The van der Waals surface area contributed by atoms with Gasteiger partial charge >= 0.3 is 5.97 Å². The molecule has 0 unspecified atom stereocenters. The average molecular weight is 425 g/mol. The first-order chi connectivity index (χ1) is 13.1. The molecular weight excluding hydrogens is 412 g/mol. The third-order valence-electron chi connectivity index (χ3n) is 3.33. The first-order valence-corrected chi connectivity index (χ1v) is 8.58. The topological polar surface area (TPSA) is 93.5 Å². The van der Waals surface area contributed by atoms with Crippen LogP contribution in [0.15, 0.2) is 76.7 Å². The van der Waals surface area contributed by atoms with Gasteiger partial charge in [0.05, 0.1) is 18.0 Å². The summed E-state index contributed by atoms with van der Waals surface area (Å²) in [4.78, 5) is 31.6. The molecule has 8 heteroatoms. The molecule has 1 amide bonds. The van der Waals surface area contributed by atoms with E-state index in [0.717, 1.165) is 10.0 Å². The lowest BCUT2D eigenvalue weighted by molar-refractivity contribution is 0.0734. The number of aromatic nitrogens is 2. The van der Waals surface area contributed by atoms with Crippen LogP contribution in [-0.2, 0) is 0 Å². The summed E-state index contributed by atoms with van der Waals surface area (Å²) >= 11 is 3.31. The molecule has 0 spiro atoms. The van der Waals surface area contributed by atoms with E-state index in [1.165, 1.54) is 24.8 Å². The van der Waals surface area contributed by atoms with Crippen LogP contribution in [0.25, 0.3) is 0 Å². The minimum absolute atomic E-state index is 0.171. The van der Waals surface area contributed by atoms with Crippen molar-refractivity contribution >= 4 is 34.0 Å². The number of ether oxygens (including phenoxy) is 1. The monoisotopic (exact) mass is 424 g/mol. The fourth-order valence-corrected chi connectivity index (χ4v) is 2.44. The molecule has 0 saturated carbocycles. The maximum absolute atomic E-state index is 12.1. The Kier molecular flexibility index (Phi) is 6.01. The third kappa shape index (κ3) is 5.29. The van der Waals surface area contributed by atoms with Gasteiger partial charge in [-0.3, -0.25) is 9.78 Å². The summed E-state index contributed by atoms with van der Waals surface area (Å²) in [5, 5.41) is 3.86. The second-order valence-electron chi connectivity index (χ2n) is 5.26. The fraction of sp³-hybridized carbons (Fsp3) is 0. The zero-order valence-electron chi connectivity index (χ0n) is 13.9. The van der Waals surface area contributed by atoms with E-state index in [1.807, 2.05) is 6.07 Å². The maximum Gasteiger partial charge on any atom is 0.343 e. The lowest BCUT2D eigenvalue weighted by Gasteiger charge is -2.05. The van der Waals surface area contributed by atoms with E-state index in [4.69, 9.17) is 4.74 Å². The molecular formula is C19H13BrN4O3. The number of hydrazone groups is 1. The van der Waals surface area contributed by atoms with Crippen LogP contribution in [0.5, 0.6) is 5.75 Å². The van der Waals surface area contributed by atoms with Gasteiger partial charge in [-0.25, -0.2) is 15.2 Å². The van der Waals surface area contributed by atoms with Gasteiger partial charge in [0.25, 0.3) is 5.91 Å². The predicted octanol–water partition coefficient (Wildman–Crippen LogP) is 3.22. The molecule has 0 atom stereocenters. The number of carbonyl (C=O) groups is 2. The van der Waals surface area contributed by atoms with E-state index in [1.54, 1.807) is 42.5 Å². The van der Waals surface area contributed by atoms with Crippen molar-refractivity contribution in [2.75, 3.05) is 0 Å². The zero-order chi connectivity index (χ0) is 19.1. The Morgan fingerprint density at radius 3 is 2.63 bits per heavy atom. The minimum Gasteiger partial charge on any atom is -0.423 e. The number of halogens is 1. The maximum atomic E-state index is 12.1. The second kappa shape index (κ2) is 8.81. The Bertz CT molecular complexity index is 976. The van der Waals surface area contributed by atoms with Crippen molar-refractivity contribution < 1.29 is 14.3 Å². The van der Waals surface area contributed by atoms with Crippen LogP contribution in [0.2, 0.25) is 0 Å². The van der Waals surface area contributed by atoms with Crippen LogP contribution in [0.3, 0.4) is 0 Å². The van der Waals surface area contributed by atoms with Gasteiger partial charge in [-0.05, 0) is 48.0 Å². The highest BCUT2D eigenvalue weighted by Crippen LogP contribution is 2.16. The van der Waals surface area contributed by atoms with E-state index >= 15 is 0 Å². The average Bonchev–Trinajstić information content (AvgIpc) is 2.70. The highest BCUT2D eigenvalue weighted by atomic mass is 79.9. The van der Waals surface area contributed by atoms with E-state index in [0.29, 0.717) is 11.3 Å². The van der Waals surface area contributed by atoms with Gasteiger partial charge in [0.15, 0.2) is 0 Å². The quantitative estimate of drug-likeness (QED) is 0.293. The fourth-order valence-electron chi connectivity index (χ4n) is 2.04. The minimum atomic E-state index is -0.459. The van der Waals surface area contributed by atoms with Crippen LogP contribution in [0.4, 0.5) is 0 Å². The lowest BCUT2D eigenvalue weighted by atomic mass is 10.2. The zero-order valence-corrected chi connectivity index (χ0v) is 15.5. The number of hydrogen-bond acceptors (Lipinski definition) is 6. The Morgan fingerprint density at radius 1 is 1.11 bits per heavy atom. The summed E-state index contributed by atoms with van der Waals surface area (Å²) in [6.45, 7) is 0. The molecule has 0 aliphatic rings. The van der Waals surface area contributed by atoms with Gasteiger partial charge in [0.2, 0.25) is 0 Å². The standard InChI is InChI=1S/C19H13BrN4O3/c20-15-3-1-2-14(10-15)19(26)27-16-6-4-13(5-7-16)11-23-24-18(25)17-12-21-8-9-22-17/h1-12H,(H,24,25). The molecule has 0 radical (unpaired) electrons. The van der Waals surface area contributed by atoms with E-state index in [2.05, 4.69) is 36.4 Å². The van der Waals surface area contributed by atoms with E-state index in [-0.39, 0.29) is 5.69 Å². The Balaban J connectivity index is 1.57. The van der Waals surface area contributed by atoms with Gasteiger partial charge in [-0.2, -0.15) is 5.10 Å². The van der Waals surface area contributed by atoms with Crippen molar-refractivity contribution in [1.29, 1.82) is 0 Å². The van der Waals surface area contributed by atoms with Crippen molar-refractivity contribution in [3.63, 3.8) is 0 Å². The number of hydrogen-bond donors (Lipinski definition) is 1. The molecule has 0 bridgehead atoms.